The minimum Gasteiger partial charge on any atom is -0.476 e. The second-order valence-electron chi connectivity index (χ2n) is 3.88. The highest BCUT2D eigenvalue weighted by Crippen LogP contribution is 2.29. The second kappa shape index (κ2) is 5.77. The number of rotatable bonds is 4. The van der Waals surface area contributed by atoms with E-state index in [1.54, 1.807) is 17.5 Å². The van der Waals surface area contributed by atoms with E-state index in [0.29, 0.717) is 28.0 Å². The van der Waals surface area contributed by atoms with E-state index in [4.69, 9.17) is 28.3 Å². The molecule has 100 valence electrons. The third-order valence-corrected chi connectivity index (χ3v) is 4.04. The van der Waals surface area contributed by atoms with Gasteiger partial charge in [-0.3, -0.25) is 0 Å². The Hall–Kier alpha value is -1.30. The molecule has 7 heteroatoms. The van der Waals surface area contributed by atoms with Gasteiger partial charge >= 0.3 is 5.97 Å². The molecule has 0 amide bonds. The standard InChI is InChI=1S/C12H10Cl2N2O2S/c1-6-2-9(14)10(3-8(6)13)15-4-7-5-19-11(16-7)12(17)18/h2-3,5,15H,4H2,1H3,(H,17,18). The van der Waals surface area contributed by atoms with Crippen LogP contribution in [-0.4, -0.2) is 16.1 Å². The lowest BCUT2D eigenvalue weighted by Gasteiger charge is -2.09. The lowest BCUT2D eigenvalue weighted by Crippen LogP contribution is -2.02. The Morgan fingerprint density at radius 1 is 1.42 bits per heavy atom. The minimum absolute atomic E-state index is 0.0739. The van der Waals surface area contributed by atoms with E-state index in [9.17, 15) is 4.79 Å². The summed E-state index contributed by atoms with van der Waals surface area (Å²) in [5.74, 6) is -1.02. The summed E-state index contributed by atoms with van der Waals surface area (Å²) in [6.07, 6.45) is 0. The molecule has 4 nitrogen and oxygen atoms in total. The molecule has 0 aliphatic rings. The van der Waals surface area contributed by atoms with Gasteiger partial charge in [-0.1, -0.05) is 23.2 Å². The van der Waals surface area contributed by atoms with E-state index in [1.165, 1.54) is 0 Å². The number of carboxylic acid groups (broad SMARTS) is 1. The molecule has 0 aliphatic heterocycles. The van der Waals surface area contributed by atoms with Gasteiger partial charge in [0, 0.05) is 10.4 Å². The lowest BCUT2D eigenvalue weighted by molar-refractivity contribution is 0.0696. The van der Waals surface area contributed by atoms with Crippen LogP contribution in [0.3, 0.4) is 0 Å². The fourth-order valence-corrected chi connectivity index (χ4v) is 2.56. The molecule has 2 rings (SSSR count). The maximum Gasteiger partial charge on any atom is 0.365 e. The molecule has 1 aromatic carbocycles. The van der Waals surface area contributed by atoms with Crippen molar-refractivity contribution in [2.75, 3.05) is 5.32 Å². The normalized spacial score (nSPS) is 10.5. The van der Waals surface area contributed by atoms with Crippen molar-refractivity contribution in [1.82, 2.24) is 4.98 Å². The Bertz CT molecular complexity index is 628. The number of carbonyl (C=O) groups is 1. The molecule has 19 heavy (non-hydrogen) atoms. The predicted octanol–water partition coefficient (Wildman–Crippen LogP) is 4.07. The molecular weight excluding hydrogens is 307 g/mol. The monoisotopic (exact) mass is 316 g/mol. The highest BCUT2D eigenvalue weighted by atomic mass is 35.5. The van der Waals surface area contributed by atoms with Gasteiger partial charge in [0.2, 0.25) is 5.01 Å². The van der Waals surface area contributed by atoms with Crippen LogP contribution in [0, 0.1) is 6.92 Å². The molecule has 2 aromatic rings. The van der Waals surface area contributed by atoms with Crippen molar-refractivity contribution in [2.45, 2.75) is 13.5 Å². The summed E-state index contributed by atoms with van der Waals surface area (Å²) in [5.41, 5.74) is 2.25. The summed E-state index contributed by atoms with van der Waals surface area (Å²) in [7, 11) is 0. The third kappa shape index (κ3) is 3.37. The fraction of sp³-hybridized carbons (Fsp3) is 0.167. The SMILES string of the molecule is Cc1cc(Cl)c(NCc2csc(C(=O)O)n2)cc1Cl. The number of nitrogens with one attached hydrogen (secondary N) is 1. The molecule has 0 saturated heterocycles. The van der Waals surface area contributed by atoms with Crippen LogP contribution < -0.4 is 5.32 Å². The maximum atomic E-state index is 10.7. The summed E-state index contributed by atoms with van der Waals surface area (Å²) in [6.45, 7) is 2.26. The largest absolute Gasteiger partial charge is 0.476 e. The van der Waals surface area contributed by atoms with Gasteiger partial charge in [-0.15, -0.1) is 11.3 Å². The summed E-state index contributed by atoms with van der Waals surface area (Å²) in [6, 6.07) is 3.51. The molecule has 0 spiro atoms. The number of anilines is 1. The summed E-state index contributed by atoms with van der Waals surface area (Å²) in [4.78, 5) is 14.7. The highest BCUT2D eigenvalue weighted by Gasteiger charge is 2.09. The molecule has 0 fully saturated rings. The zero-order chi connectivity index (χ0) is 14.0. The molecule has 0 atom stereocenters. The van der Waals surface area contributed by atoms with Crippen molar-refractivity contribution in [3.63, 3.8) is 0 Å². The number of halogens is 2. The number of carboxylic acids is 1. The second-order valence-corrected chi connectivity index (χ2v) is 5.56. The van der Waals surface area contributed by atoms with Crippen LogP contribution in [0.4, 0.5) is 5.69 Å². The number of thiazole rings is 1. The van der Waals surface area contributed by atoms with Gasteiger partial charge in [0.05, 0.1) is 22.9 Å². The smallest absolute Gasteiger partial charge is 0.365 e. The number of benzene rings is 1. The first kappa shape index (κ1) is 14.1. The van der Waals surface area contributed by atoms with Gasteiger partial charge in [0.15, 0.2) is 0 Å². The molecule has 0 radical (unpaired) electrons. The van der Waals surface area contributed by atoms with Crippen LogP contribution in [0.1, 0.15) is 21.1 Å². The van der Waals surface area contributed by atoms with E-state index in [-0.39, 0.29) is 5.01 Å². The van der Waals surface area contributed by atoms with E-state index >= 15 is 0 Å². The van der Waals surface area contributed by atoms with Gasteiger partial charge in [0.1, 0.15) is 0 Å². The number of hydrogen-bond acceptors (Lipinski definition) is 4. The number of aromatic nitrogens is 1. The first-order chi connectivity index (χ1) is 8.97. The zero-order valence-electron chi connectivity index (χ0n) is 9.91. The summed E-state index contributed by atoms with van der Waals surface area (Å²) in [5, 5.41) is 14.8. The van der Waals surface area contributed by atoms with Crippen molar-refractivity contribution in [3.05, 3.63) is 43.8 Å². The zero-order valence-corrected chi connectivity index (χ0v) is 12.2. The molecular formula is C12H10Cl2N2O2S. The van der Waals surface area contributed by atoms with Crippen molar-refractivity contribution >= 4 is 46.2 Å². The Labute approximate surface area is 124 Å². The average Bonchev–Trinajstić information content (AvgIpc) is 2.81. The first-order valence-corrected chi connectivity index (χ1v) is 6.98. The fourth-order valence-electron chi connectivity index (χ4n) is 1.45. The van der Waals surface area contributed by atoms with Crippen LogP contribution in [-0.2, 0) is 6.54 Å². The van der Waals surface area contributed by atoms with Crippen LogP contribution in [0.5, 0.6) is 0 Å². The van der Waals surface area contributed by atoms with Gasteiger partial charge in [-0.25, -0.2) is 9.78 Å². The number of aromatic carboxylic acids is 1. The van der Waals surface area contributed by atoms with Crippen LogP contribution in [0.2, 0.25) is 10.0 Å². The Morgan fingerprint density at radius 2 is 2.16 bits per heavy atom. The summed E-state index contributed by atoms with van der Waals surface area (Å²) >= 11 is 13.2. The Morgan fingerprint density at radius 3 is 2.79 bits per heavy atom. The van der Waals surface area contributed by atoms with Crippen molar-refractivity contribution in [2.24, 2.45) is 0 Å². The minimum atomic E-state index is -1.02. The van der Waals surface area contributed by atoms with Crippen molar-refractivity contribution < 1.29 is 9.90 Å². The van der Waals surface area contributed by atoms with Crippen LogP contribution in [0.15, 0.2) is 17.5 Å². The first-order valence-electron chi connectivity index (χ1n) is 5.34. The van der Waals surface area contributed by atoms with Gasteiger partial charge in [-0.2, -0.15) is 0 Å². The molecule has 0 bridgehead atoms. The quantitative estimate of drug-likeness (QED) is 0.892. The number of hydrogen-bond donors (Lipinski definition) is 2. The van der Waals surface area contributed by atoms with Crippen LogP contribution >= 0.6 is 34.5 Å². The maximum absolute atomic E-state index is 10.7. The predicted molar refractivity (Wildman–Crippen MR) is 77.6 cm³/mol. The number of nitrogens with zero attached hydrogens (tertiary/aromatic N) is 1. The molecule has 0 saturated carbocycles. The van der Waals surface area contributed by atoms with E-state index < -0.39 is 5.97 Å². The number of aryl methyl sites for hydroxylation is 1. The topological polar surface area (TPSA) is 62.2 Å². The molecule has 0 aliphatic carbocycles. The average molecular weight is 317 g/mol. The van der Waals surface area contributed by atoms with Gasteiger partial charge < -0.3 is 10.4 Å². The molecule has 2 N–H and O–H groups in total. The highest BCUT2D eigenvalue weighted by molar-refractivity contribution is 7.11. The summed E-state index contributed by atoms with van der Waals surface area (Å²) < 4.78 is 0. The third-order valence-electron chi connectivity index (χ3n) is 2.44. The van der Waals surface area contributed by atoms with Crippen molar-refractivity contribution in [1.29, 1.82) is 0 Å². The van der Waals surface area contributed by atoms with Gasteiger partial charge in [-0.05, 0) is 24.6 Å². The molecule has 0 unspecified atom stereocenters. The van der Waals surface area contributed by atoms with Crippen LogP contribution in [0.25, 0.3) is 0 Å². The van der Waals surface area contributed by atoms with E-state index in [2.05, 4.69) is 10.3 Å². The Balaban J connectivity index is 2.09. The van der Waals surface area contributed by atoms with E-state index in [0.717, 1.165) is 16.9 Å². The lowest BCUT2D eigenvalue weighted by atomic mass is 10.2. The van der Waals surface area contributed by atoms with E-state index in [1.807, 2.05) is 6.92 Å². The van der Waals surface area contributed by atoms with Gasteiger partial charge in [0.25, 0.3) is 0 Å². The molecule has 1 aromatic heterocycles. The Kier molecular flexibility index (Phi) is 4.29. The molecule has 1 heterocycles. The van der Waals surface area contributed by atoms with Crippen molar-refractivity contribution in [3.8, 4) is 0 Å².